The topological polar surface area (TPSA) is 50.5 Å². The van der Waals surface area contributed by atoms with Crippen molar-refractivity contribution in [2.24, 2.45) is 0 Å². The molecule has 1 N–H and O–H groups in total. The van der Waals surface area contributed by atoms with Crippen LogP contribution in [0.1, 0.15) is 37.0 Å². The number of hydrogen-bond acceptors (Lipinski definition) is 4. The summed E-state index contributed by atoms with van der Waals surface area (Å²) in [6.45, 7) is 6.09. The number of nitriles is 1. The average molecular weight is 273 g/mol. The second-order valence-electron chi connectivity index (χ2n) is 5.53. The van der Waals surface area contributed by atoms with Gasteiger partial charge in [0, 0.05) is 31.4 Å². The van der Waals surface area contributed by atoms with Crippen molar-refractivity contribution < 1.29 is 5.11 Å². The number of benzene rings is 1. The second-order valence-corrected chi connectivity index (χ2v) is 5.53. The first-order valence-electron chi connectivity index (χ1n) is 7.27. The molecule has 1 aliphatic rings. The molecule has 1 atom stereocenters. The number of hydrogen-bond donors (Lipinski definition) is 1. The Balaban J connectivity index is 2.10. The Labute approximate surface area is 121 Å². The van der Waals surface area contributed by atoms with Crippen LogP contribution in [0.4, 0.5) is 5.69 Å². The Hall–Kier alpha value is -1.57. The highest BCUT2D eigenvalue weighted by molar-refractivity contribution is 5.58. The Kier molecular flexibility index (Phi) is 4.99. The maximum atomic E-state index is 9.88. The summed E-state index contributed by atoms with van der Waals surface area (Å²) in [5, 5.41) is 18.9. The summed E-state index contributed by atoms with van der Waals surface area (Å²) in [7, 11) is 2.03. The second kappa shape index (κ2) is 6.74. The van der Waals surface area contributed by atoms with Crippen molar-refractivity contribution in [3.8, 4) is 6.07 Å². The van der Waals surface area contributed by atoms with Crippen LogP contribution < -0.4 is 4.90 Å². The van der Waals surface area contributed by atoms with Gasteiger partial charge in [0.05, 0.1) is 17.7 Å². The first-order chi connectivity index (χ1) is 9.61. The number of anilines is 1. The van der Waals surface area contributed by atoms with Crippen LogP contribution in [0.3, 0.4) is 0 Å². The highest BCUT2D eigenvalue weighted by atomic mass is 16.3. The van der Waals surface area contributed by atoms with Gasteiger partial charge in [-0.15, -0.1) is 0 Å². The number of rotatable bonds is 5. The highest BCUT2D eigenvalue weighted by Gasteiger charge is 2.15. The Morgan fingerprint density at radius 1 is 1.40 bits per heavy atom. The van der Waals surface area contributed by atoms with E-state index >= 15 is 0 Å². The number of likely N-dealkylation sites (tertiary alicyclic amines) is 1. The third-order valence-corrected chi connectivity index (χ3v) is 3.97. The normalized spacial score (nSPS) is 16.9. The summed E-state index contributed by atoms with van der Waals surface area (Å²) in [6.07, 6.45) is 2.08. The summed E-state index contributed by atoms with van der Waals surface area (Å²) in [5.41, 5.74) is 2.48. The third kappa shape index (κ3) is 3.50. The number of nitrogens with zero attached hydrogens (tertiary/aromatic N) is 3. The van der Waals surface area contributed by atoms with Crippen molar-refractivity contribution in [3.63, 3.8) is 0 Å². The third-order valence-electron chi connectivity index (χ3n) is 3.97. The van der Waals surface area contributed by atoms with Crippen molar-refractivity contribution >= 4 is 5.69 Å². The van der Waals surface area contributed by atoms with E-state index in [1.54, 1.807) is 13.0 Å². The zero-order valence-corrected chi connectivity index (χ0v) is 12.3. The van der Waals surface area contributed by atoms with Crippen LogP contribution >= 0.6 is 0 Å². The largest absolute Gasteiger partial charge is 0.389 e. The lowest BCUT2D eigenvalue weighted by Crippen LogP contribution is -2.32. The molecule has 108 valence electrons. The van der Waals surface area contributed by atoms with Gasteiger partial charge in [-0.25, -0.2) is 0 Å². The standard InChI is InChI=1S/C16H23N3O/c1-13(20)15-6-5-14(12-17)11-16(15)18(2)9-10-19-7-3-4-8-19/h5-6,11,13,20H,3-4,7-10H2,1-2H3. The fraction of sp³-hybridized carbons (Fsp3) is 0.562. The number of likely N-dealkylation sites (N-methyl/N-ethyl adjacent to an activating group) is 1. The molecule has 1 fully saturated rings. The lowest BCUT2D eigenvalue weighted by atomic mass is 10.0. The van der Waals surface area contributed by atoms with Gasteiger partial charge in [-0.3, -0.25) is 0 Å². The predicted octanol–water partition coefficient (Wildman–Crippen LogP) is 2.14. The quantitative estimate of drug-likeness (QED) is 0.893. The first kappa shape index (κ1) is 14.8. The minimum atomic E-state index is -0.521. The average Bonchev–Trinajstić information content (AvgIpc) is 2.97. The summed E-state index contributed by atoms with van der Waals surface area (Å²) < 4.78 is 0. The Morgan fingerprint density at radius 3 is 2.70 bits per heavy atom. The molecule has 1 heterocycles. The minimum Gasteiger partial charge on any atom is -0.389 e. The van der Waals surface area contributed by atoms with E-state index in [1.807, 2.05) is 19.2 Å². The van der Waals surface area contributed by atoms with E-state index in [-0.39, 0.29) is 0 Å². The van der Waals surface area contributed by atoms with E-state index < -0.39 is 6.10 Å². The number of aliphatic hydroxyl groups is 1. The first-order valence-corrected chi connectivity index (χ1v) is 7.27. The molecule has 1 unspecified atom stereocenters. The van der Waals surface area contributed by atoms with Crippen molar-refractivity contribution in [1.29, 1.82) is 5.26 Å². The summed E-state index contributed by atoms with van der Waals surface area (Å²) in [5.74, 6) is 0. The van der Waals surface area contributed by atoms with Crippen molar-refractivity contribution in [2.75, 3.05) is 38.1 Å². The van der Waals surface area contributed by atoms with Crippen molar-refractivity contribution in [1.82, 2.24) is 4.90 Å². The zero-order chi connectivity index (χ0) is 14.5. The molecule has 2 rings (SSSR count). The molecular formula is C16H23N3O. The summed E-state index contributed by atoms with van der Waals surface area (Å²) in [6, 6.07) is 7.65. The molecule has 0 bridgehead atoms. The molecule has 1 aromatic rings. The van der Waals surface area contributed by atoms with Crippen LogP contribution in [0.5, 0.6) is 0 Å². The maximum Gasteiger partial charge on any atom is 0.0992 e. The lowest BCUT2D eigenvalue weighted by Gasteiger charge is -2.26. The molecule has 1 saturated heterocycles. The van der Waals surface area contributed by atoms with Gasteiger partial charge in [-0.2, -0.15) is 5.26 Å². The van der Waals surface area contributed by atoms with Crippen LogP contribution in [0.25, 0.3) is 0 Å². The molecule has 0 aliphatic carbocycles. The molecule has 0 spiro atoms. The zero-order valence-electron chi connectivity index (χ0n) is 12.3. The SMILES string of the molecule is CC(O)c1ccc(C#N)cc1N(C)CCN1CCCC1. The Bertz CT molecular complexity index is 487. The van der Waals surface area contributed by atoms with Crippen LogP contribution in [0, 0.1) is 11.3 Å². The molecule has 1 aromatic carbocycles. The van der Waals surface area contributed by atoms with Crippen molar-refractivity contribution in [3.05, 3.63) is 29.3 Å². The highest BCUT2D eigenvalue weighted by Crippen LogP contribution is 2.27. The smallest absolute Gasteiger partial charge is 0.0992 e. The van der Waals surface area contributed by atoms with Crippen LogP contribution in [-0.4, -0.2) is 43.2 Å². The van der Waals surface area contributed by atoms with Gasteiger partial charge in [0.25, 0.3) is 0 Å². The van der Waals surface area contributed by atoms with Crippen LogP contribution in [0.15, 0.2) is 18.2 Å². The van der Waals surface area contributed by atoms with Gasteiger partial charge in [0.2, 0.25) is 0 Å². The fourth-order valence-corrected chi connectivity index (χ4v) is 2.72. The van der Waals surface area contributed by atoms with Gasteiger partial charge in [-0.05, 0) is 45.0 Å². The van der Waals surface area contributed by atoms with Gasteiger partial charge in [-0.1, -0.05) is 6.07 Å². The maximum absolute atomic E-state index is 9.88. The number of aliphatic hydroxyl groups excluding tert-OH is 1. The predicted molar refractivity (Wildman–Crippen MR) is 80.7 cm³/mol. The van der Waals surface area contributed by atoms with Crippen LogP contribution in [0.2, 0.25) is 0 Å². The molecule has 4 heteroatoms. The van der Waals surface area contributed by atoms with E-state index in [0.717, 1.165) is 24.3 Å². The van der Waals surface area contributed by atoms with Gasteiger partial charge in [0.1, 0.15) is 0 Å². The van der Waals surface area contributed by atoms with Gasteiger partial charge >= 0.3 is 0 Å². The molecule has 4 nitrogen and oxygen atoms in total. The lowest BCUT2D eigenvalue weighted by molar-refractivity contribution is 0.199. The van der Waals surface area contributed by atoms with E-state index in [9.17, 15) is 5.11 Å². The monoisotopic (exact) mass is 273 g/mol. The van der Waals surface area contributed by atoms with E-state index in [0.29, 0.717) is 5.56 Å². The fourth-order valence-electron chi connectivity index (χ4n) is 2.72. The van der Waals surface area contributed by atoms with Crippen molar-refractivity contribution in [2.45, 2.75) is 25.9 Å². The van der Waals surface area contributed by atoms with Crippen LogP contribution in [-0.2, 0) is 0 Å². The molecule has 20 heavy (non-hydrogen) atoms. The summed E-state index contributed by atoms with van der Waals surface area (Å²) >= 11 is 0. The molecular weight excluding hydrogens is 250 g/mol. The molecule has 0 aromatic heterocycles. The molecule has 1 aliphatic heterocycles. The Morgan fingerprint density at radius 2 is 2.10 bits per heavy atom. The van der Waals surface area contributed by atoms with E-state index in [4.69, 9.17) is 5.26 Å². The van der Waals surface area contributed by atoms with Gasteiger partial charge < -0.3 is 14.9 Å². The van der Waals surface area contributed by atoms with E-state index in [2.05, 4.69) is 15.9 Å². The summed E-state index contributed by atoms with van der Waals surface area (Å²) in [4.78, 5) is 4.61. The van der Waals surface area contributed by atoms with Gasteiger partial charge in [0.15, 0.2) is 0 Å². The van der Waals surface area contributed by atoms with E-state index in [1.165, 1.54) is 25.9 Å². The molecule has 0 amide bonds. The minimum absolute atomic E-state index is 0.521. The molecule has 0 radical (unpaired) electrons. The molecule has 0 saturated carbocycles.